The van der Waals surface area contributed by atoms with Crippen molar-refractivity contribution < 1.29 is 9.47 Å². The number of allylic oxidation sites excluding steroid dienone is 4. The third-order valence-electron chi connectivity index (χ3n) is 1.31. The summed E-state index contributed by atoms with van der Waals surface area (Å²) in [6.45, 7) is 8.23. The van der Waals surface area contributed by atoms with E-state index in [1.807, 2.05) is 52.0 Å². The summed E-state index contributed by atoms with van der Waals surface area (Å²) in [4.78, 5) is 0. The van der Waals surface area contributed by atoms with Crippen molar-refractivity contribution in [2.75, 3.05) is 6.79 Å². The van der Waals surface area contributed by atoms with Crippen LogP contribution in [0, 0.1) is 0 Å². The van der Waals surface area contributed by atoms with Gasteiger partial charge in [-0.15, -0.1) is 0 Å². The van der Waals surface area contributed by atoms with Crippen molar-refractivity contribution in [1.82, 2.24) is 0 Å². The molecule has 0 radical (unpaired) electrons. The molecule has 0 saturated carbocycles. The second-order valence-corrected chi connectivity index (χ2v) is 2.14. The van der Waals surface area contributed by atoms with Gasteiger partial charge in [0.05, 0.1) is 0 Å². The lowest BCUT2D eigenvalue weighted by molar-refractivity contribution is 0.0778. The molecule has 0 aromatic carbocycles. The van der Waals surface area contributed by atoms with Crippen LogP contribution in [-0.2, 0) is 9.47 Å². The lowest BCUT2D eigenvalue weighted by Gasteiger charge is -1.90. The molecule has 0 amide bonds. The van der Waals surface area contributed by atoms with E-state index in [9.17, 15) is 0 Å². The fourth-order valence-electron chi connectivity index (χ4n) is 0.862. The molecule has 2 heteroatoms. The molecule has 1 rings (SSSR count). The maximum atomic E-state index is 5.18. The van der Waals surface area contributed by atoms with Crippen molar-refractivity contribution in [3.8, 4) is 0 Å². The van der Waals surface area contributed by atoms with E-state index < -0.39 is 0 Å². The molecule has 0 aliphatic carbocycles. The second kappa shape index (κ2) is 7.47. The summed E-state index contributed by atoms with van der Waals surface area (Å²) in [6, 6.07) is 0. The summed E-state index contributed by atoms with van der Waals surface area (Å²) in [7, 11) is 0. The van der Waals surface area contributed by atoms with Gasteiger partial charge in [-0.25, -0.2) is 0 Å². The molecule has 0 N–H and O–H groups in total. The summed E-state index contributed by atoms with van der Waals surface area (Å²) in [5.74, 6) is 1.62. The highest BCUT2D eigenvalue weighted by molar-refractivity contribution is 5.25. The van der Waals surface area contributed by atoms with E-state index in [2.05, 4.69) is 0 Å². The van der Waals surface area contributed by atoms with Gasteiger partial charge in [0, 0.05) is 0 Å². The summed E-state index contributed by atoms with van der Waals surface area (Å²) >= 11 is 0. The highest BCUT2D eigenvalue weighted by Gasteiger charge is 2.10. The zero-order valence-electron chi connectivity index (χ0n) is 8.83. The van der Waals surface area contributed by atoms with Crippen LogP contribution in [0.5, 0.6) is 0 Å². The molecule has 0 aromatic heterocycles. The Morgan fingerprint density at radius 3 is 1.62 bits per heavy atom. The van der Waals surface area contributed by atoms with E-state index >= 15 is 0 Å². The Kier molecular flexibility index (Phi) is 6.79. The zero-order valence-corrected chi connectivity index (χ0v) is 8.83. The molecule has 1 aliphatic rings. The number of hydrogen-bond donors (Lipinski definition) is 0. The SMILES string of the molecule is C/C=C\C1=C(/C=C\C)OCO1.CC. The van der Waals surface area contributed by atoms with Gasteiger partial charge in [0.25, 0.3) is 0 Å². The van der Waals surface area contributed by atoms with Crippen LogP contribution < -0.4 is 0 Å². The first kappa shape index (κ1) is 11.8. The fourth-order valence-corrected chi connectivity index (χ4v) is 0.862. The molecular weight excluding hydrogens is 164 g/mol. The van der Waals surface area contributed by atoms with Crippen LogP contribution in [0.2, 0.25) is 0 Å². The Balaban J connectivity index is 0.000000671. The molecule has 0 saturated heterocycles. The highest BCUT2D eigenvalue weighted by Crippen LogP contribution is 2.18. The maximum Gasteiger partial charge on any atom is 0.231 e. The fraction of sp³-hybridized carbons (Fsp3) is 0.455. The lowest BCUT2D eigenvalue weighted by Crippen LogP contribution is -1.80. The molecule has 13 heavy (non-hydrogen) atoms. The monoisotopic (exact) mass is 182 g/mol. The van der Waals surface area contributed by atoms with Crippen molar-refractivity contribution >= 4 is 0 Å². The van der Waals surface area contributed by atoms with E-state index in [0.29, 0.717) is 6.79 Å². The predicted octanol–water partition coefficient (Wildman–Crippen LogP) is 3.38. The van der Waals surface area contributed by atoms with Gasteiger partial charge >= 0.3 is 0 Å². The minimum Gasteiger partial charge on any atom is -0.454 e. The molecular formula is C11H18O2. The van der Waals surface area contributed by atoms with Crippen LogP contribution in [0.4, 0.5) is 0 Å². The van der Waals surface area contributed by atoms with Crippen molar-refractivity contribution in [3.63, 3.8) is 0 Å². The van der Waals surface area contributed by atoms with Crippen LogP contribution >= 0.6 is 0 Å². The predicted molar refractivity (Wildman–Crippen MR) is 55.0 cm³/mol. The average Bonchev–Trinajstić information content (AvgIpc) is 2.58. The topological polar surface area (TPSA) is 18.5 Å². The summed E-state index contributed by atoms with van der Waals surface area (Å²) in [6.07, 6.45) is 7.63. The van der Waals surface area contributed by atoms with Crippen molar-refractivity contribution in [2.45, 2.75) is 27.7 Å². The molecule has 74 valence electrons. The number of rotatable bonds is 2. The molecule has 0 spiro atoms. The van der Waals surface area contributed by atoms with E-state index in [0.717, 1.165) is 11.5 Å². The van der Waals surface area contributed by atoms with Crippen molar-refractivity contribution in [2.24, 2.45) is 0 Å². The lowest BCUT2D eigenvalue weighted by atomic mass is 10.3. The molecule has 0 bridgehead atoms. The summed E-state index contributed by atoms with van der Waals surface area (Å²) in [5, 5.41) is 0. The van der Waals surface area contributed by atoms with E-state index in [1.54, 1.807) is 0 Å². The second-order valence-electron chi connectivity index (χ2n) is 2.14. The highest BCUT2D eigenvalue weighted by atomic mass is 16.7. The van der Waals surface area contributed by atoms with Gasteiger partial charge in [-0.1, -0.05) is 26.0 Å². The van der Waals surface area contributed by atoms with Gasteiger partial charge < -0.3 is 9.47 Å². The molecule has 0 fully saturated rings. The first-order valence-corrected chi connectivity index (χ1v) is 4.63. The number of ether oxygens (including phenoxy) is 2. The summed E-state index contributed by atoms with van der Waals surface area (Å²) in [5.41, 5.74) is 0. The van der Waals surface area contributed by atoms with Gasteiger partial charge in [0.1, 0.15) is 0 Å². The molecule has 0 aromatic rings. The minimum atomic E-state index is 0.333. The quantitative estimate of drug-likeness (QED) is 0.651. The average molecular weight is 182 g/mol. The maximum absolute atomic E-state index is 5.18. The Morgan fingerprint density at radius 1 is 0.923 bits per heavy atom. The third-order valence-corrected chi connectivity index (χ3v) is 1.31. The Hall–Kier alpha value is -1.18. The molecule has 1 heterocycles. The van der Waals surface area contributed by atoms with E-state index in [-0.39, 0.29) is 0 Å². The van der Waals surface area contributed by atoms with E-state index in [1.165, 1.54) is 0 Å². The van der Waals surface area contributed by atoms with Gasteiger partial charge in [0.2, 0.25) is 6.79 Å². The van der Waals surface area contributed by atoms with Crippen LogP contribution in [0.15, 0.2) is 35.8 Å². The van der Waals surface area contributed by atoms with Gasteiger partial charge in [0.15, 0.2) is 11.5 Å². The smallest absolute Gasteiger partial charge is 0.231 e. The zero-order chi connectivity index (χ0) is 10.1. The van der Waals surface area contributed by atoms with Crippen LogP contribution in [0.25, 0.3) is 0 Å². The first-order valence-electron chi connectivity index (χ1n) is 4.63. The van der Waals surface area contributed by atoms with E-state index in [4.69, 9.17) is 9.47 Å². The largest absolute Gasteiger partial charge is 0.454 e. The molecule has 2 nitrogen and oxygen atoms in total. The van der Waals surface area contributed by atoms with Crippen LogP contribution in [0.1, 0.15) is 27.7 Å². The molecule has 0 atom stereocenters. The van der Waals surface area contributed by atoms with Gasteiger partial charge in [-0.05, 0) is 26.0 Å². The van der Waals surface area contributed by atoms with Gasteiger partial charge in [-0.2, -0.15) is 0 Å². The van der Waals surface area contributed by atoms with Crippen molar-refractivity contribution in [1.29, 1.82) is 0 Å². The van der Waals surface area contributed by atoms with Crippen LogP contribution in [-0.4, -0.2) is 6.79 Å². The van der Waals surface area contributed by atoms with Crippen molar-refractivity contribution in [3.05, 3.63) is 35.8 Å². The standard InChI is InChI=1S/C9H12O2.C2H6/c1-3-5-8-9(6-4-2)11-7-10-8;1-2/h3-6H,7H2,1-2H3;1-2H3/b5-3-,6-4-;. The van der Waals surface area contributed by atoms with Crippen LogP contribution in [0.3, 0.4) is 0 Å². The Bertz CT molecular complexity index is 190. The third kappa shape index (κ3) is 3.83. The number of hydrogen-bond acceptors (Lipinski definition) is 2. The first-order chi connectivity index (χ1) is 6.38. The molecule has 1 aliphatic heterocycles. The minimum absolute atomic E-state index is 0.333. The normalized spacial score (nSPS) is 15.7. The Labute approximate surface area is 80.5 Å². The van der Waals surface area contributed by atoms with Gasteiger partial charge in [-0.3, -0.25) is 0 Å². The Morgan fingerprint density at radius 2 is 1.31 bits per heavy atom. The summed E-state index contributed by atoms with van der Waals surface area (Å²) < 4.78 is 10.4. The molecule has 0 unspecified atom stereocenters.